The fourth-order valence-corrected chi connectivity index (χ4v) is 12.1. The van der Waals surface area contributed by atoms with Crippen LogP contribution < -0.4 is 26.8 Å². The first-order chi connectivity index (χ1) is 36.7. The molecule has 0 saturated carbocycles. The molecule has 0 spiro atoms. The number of unbranched alkanes of at least 4 members (excludes halogenated alkanes) is 3. The first-order valence-corrected chi connectivity index (χ1v) is 28.4. The van der Waals surface area contributed by atoms with Gasteiger partial charge in [0.1, 0.15) is 12.6 Å². The van der Waals surface area contributed by atoms with Crippen LogP contribution in [0.5, 0.6) is 0 Å². The van der Waals surface area contributed by atoms with E-state index in [9.17, 15) is 32.5 Å². The van der Waals surface area contributed by atoms with Crippen molar-refractivity contribution in [2.45, 2.75) is 129 Å². The molecule has 3 aromatic carbocycles. The Balaban J connectivity index is 1.03. The van der Waals surface area contributed by atoms with Gasteiger partial charge in [0.25, 0.3) is 21.6 Å². The number of carboxylic acid groups (broad SMARTS) is 1. The number of aromatic nitrogens is 4. The Morgan fingerprint density at radius 3 is 2.48 bits per heavy atom. The smallest absolute Gasteiger partial charge is 0.326 e. The second-order valence-corrected chi connectivity index (χ2v) is 23.4. The maximum atomic E-state index is 14.4. The van der Waals surface area contributed by atoms with Gasteiger partial charge >= 0.3 is 5.97 Å². The van der Waals surface area contributed by atoms with Crippen molar-refractivity contribution in [3.8, 4) is 0 Å². The van der Waals surface area contributed by atoms with E-state index in [1.807, 2.05) is 0 Å². The number of nitrogens with zero attached hydrogens (tertiary/aromatic N) is 6. The van der Waals surface area contributed by atoms with E-state index in [1.165, 1.54) is 33.6 Å². The molecule has 2 atom stereocenters. The number of nitrogens with two attached hydrogens (primary N) is 1. The monoisotopic (exact) mass is 1060 g/mol. The minimum Gasteiger partial charge on any atom is -0.480 e. The predicted octanol–water partition coefficient (Wildman–Crippen LogP) is 9.01. The third kappa shape index (κ3) is 11.6. The fraction of sp³-hybridized carbons (Fsp3) is 0.407. The van der Waals surface area contributed by atoms with Gasteiger partial charge in [-0.3, -0.25) is 19.1 Å². The Morgan fingerprint density at radius 1 is 0.948 bits per heavy atom. The third-order valence-corrected chi connectivity index (χ3v) is 16.4. The Bertz CT molecular complexity index is 3450. The van der Waals surface area contributed by atoms with Crippen LogP contribution in [0.4, 0.5) is 23.0 Å². The first kappa shape index (κ1) is 54.4. The number of carbonyl (C=O) groups is 2. The highest BCUT2D eigenvalue weighted by Crippen LogP contribution is 2.49. The van der Waals surface area contributed by atoms with E-state index in [1.54, 1.807) is 24.3 Å². The maximum Gasteiger partial charge on any atom is 0.326 e. The summed E-state index contributed by atoms with van der Waals surface area (Å²) in [6, 6.07) is 20.5. The molecule has 0 bridgehead atoms. The Kier molecular flexibility index (Phi) is 15.7. The molecule has 5 aromatic rings. The number of carboxylic acids is 1. The molecule has 1 saturated heterocycles. The van der Waals surface area contributed by atoms with Crippen LogP contribution in [0.3, 0.4) is 0 Å². The van der Waals surface area contributed by atoms with Crippen molar-refractivity contribution in [1.82, 2.24) is 30.2 Å². The van der Waals surface area contributed by atoms with E-state index in [-0.39, 0.29) is 47.8 Å². The molecule has 3 aliphatic heterocycles. The van der Waals surface area contributed by atoms with Gasteiger partial charge in [-0.05, 0) is 112 Å². The molecule has 1 unspecified atom stereocenters. The minimum absolute atomic E-state index is 0.0478. The van der Waals surface area contributed by atoms with Crippen molar-refractivity contribution in [2.24, 2.45) is 0 Å². The van der Waals surface area contributed by atoms with Crippen LogP contribution in [0.25, 0.3) is 11.2 Å². The van der Waals surface area contributed by atoms with Gasteiger partial charge in [-0.2, -0.15) is 18.0 Å². The van der Waals surface area contributed by atoms with E-state index in [0.717, 1.165) is 78.9 Å². The highest BCUT2D eigenvalue weighted by molar-refractivity contribution is 7.85. The number of nitrogen functional groups attached to an aromatic ring is 1. The lowest BCUT2D eigenvalue weighted by molar-refractivity contribution is -0.438. The van der Waals surface area contributed by atoms with Gasteiger partial charge in [0.15, 0.2) is 16.9 Å². The summed E-state index contributed by atoms with van der Waals surface area (Å²) < 4.78 is 35.3. The second-order valence-electron chi connectivity index (χ2n) is 21.8. The molecule has 77 heavy (non-hydrogen) atoms. The minimum atomic E-state index is -4.09. The van der Waals surface area contributed by atoms with Crippen LogP contribution in [0.2, 0.25) is 0 Å². The number of carbonyl (C=O) groups excluding carboxylic acids is 1. The van der Waals surface area contributed by atoms with Crippen molar-refractivity contribution in [2.75, 3.05) is 41.3 Å². The number of fused-ring (bicyclic) bond motifs is 3. The lowest BCUT2D eigenvalue weighted by Gasteiger charge is -2.28. The molecule has 4 aliphatic rings. The number of anilines is 3. The Labute approximate surface area is 450 Å². The van der Waals surface area contributed by atoms with E-state index >= 15 is 0 Å². The molecular weight excluding hydrogens is 993 g/mol. The normalized spacial score (nSPS) is 20.0. The SMILES string of the molecule is CCCCC[N+]1=C(C=CC2=C(NC3C[C@@H](C(=O)O)N(C(=O)c4ccc(NCc5cnc6nc(N)[nH]c(=O)c6n5)cc4)C3)C(=CC=C3N(CCCCS(=O)(=O)O)c4ccc(C)cc4C3(C)C)CCC2)C(C)(C)c2ccccc21. The predicted molar refractivity (Wildman–Crippen MR) is 302 cm³/mol. The zero-order valence-corrected chi connectivity index (χ0v) is 45.7. The summed E-state index contributed by atoms with van der Waals surface area (Å²) in [5, 5.41) is 17.8. The van der Waals surface area contributed by atoms with Crippen molar-refractivity contribution in [1.29, 1.82) is 0 Å². The number of para-hydroxylation sites is 1. The highest BCUT2D eigenvalue weighted by Gasteiger charge is 2.45. The summed E-state index contributed by atoms with van der Waals surface area (Å²) in [6.45, 7) is 15.2. The van der Waals surface area contributed by atoms with Crippen molar-refractivity contribution >= 4 is 61.9 Å². The molecule has 2 aromatic heterocycles. The average Bonchev–Trinajstić information content (AvgIpc) is 4.00. The number of benzene rings is 3. The molecule has 1 fully saturated rings. The van der Waals surface area contributed by atoms with Crippen LogP contribution in [-0.2, 0) is 32.3 Å². The van der Waals surface area contributed by atoms with Crippen LogP contribution in [0.15, 0.2) is 125 Å². The first-order valence-electron chi connectivity index (χ1n) is 26.8. The van der Waals surface area contributed by atoms with Crippen LogP contribution >= 0.6 is 0 Å². The summed E-state index contributed by atoms with van der Waals surface area (Å²) in [5.41, 5.74) is 17.5. The number of H-pyrrole nitrogens is 1. The van der Waals surface area contributed by atoms with Gasteiger partial charge in [-0.15, -0.1) is 0 Å². The highest BCUT2D eigenvalue weighted by atomic mass is 32.2. The number of hydrogen-bond acceptors (Lipinski definition) is 12. The van der Waals surface area contributed by atoms with E-state index < -0.39 is 45.1 Å². The number of aromatic amines is 1. The van der Waals surface area contributed by atoms with Gasteiger partial charge in [0.2, 0.25) is 11.6 Å². The zero-order chi connectivity index (χ0) is 54.8. The van der Waals surface area contributed by atoms with Crippen LogP contribution in [0, 0.1) is 6.92 Å². The molecule has 5 heterocycles. The molecule has 1 amide bonds. The number of rotatable bonds is 19. The van der Waals surface area contributed by atoms with Gasteiger partial charge in [-0.1, -0.05) is 75.2 Å². The van der Waals surface area contributed by atoms with Crippen LogP contribution in [-0.4, -0.2) is 103 Å². The van der Waals surface area contributed by atoms with Crippen LogP contribution in [0.1, 0.15) is 125 Å². The number of nitrogens with one attached hydrogen (secondary N) is 3. The van der Waals surface area contributed by atoms with Gasteiger partial charge in [-0.25, -0.2) is 14.8 Å². The maximum absolute atomic E-state index is 14.4. The van der Waals surface area contributed by atoms with Gasteiger partial charge in [0.05, 0.1) is 29.6 Å². The van der Waals surface area contributed by atoms with Gasteiger partial charge in [0, 0.05) is 83.4 Å². The average molecular weight is 1060 g/mol. The molecule has 404 valence electrons. The summed E-state index contributed by atoms with van der Waals surface area (Å²) >= 11 is 0. The number of aryl methyl sites for hydroxylation is 1. The number of allylic oxidation sites excluding steroid dienone is 7. The number of hydrogen-bond donors (Lipinski definition) is 6. The molecule has 0 radical (unpaired) electrons. The third-order valence-electron chi connectivity index (χ3n) is 15.6. The van der Waals surface area contributed by atoms with E-state index in [2.05, 4.69) is 148 Å². The topological polar surface area (TPSA) is 240 Å². The lowest BCUT2D eigenvalue weighted by atomic mass is 9.81. The molecule has 1 aliphatic carbocycles. The quantitative estimate of drug-likeness (QED) is 0.0257. The zero-order valence-electron chi connectivity index (χ0n) is 44.9. The molecule has 18 heteroatoms. The summed E-state index contributed by atoms with van der Waals surface area (Å²) in [7, 11) is -4.09. The van der Waals surface area contributed by atoms with Crippen molar-refractivity contribution < 1.29 is 32.2 Å². The number of likely N-dealkylation sites (tertiary alicyclic amines) is 1. The molecule has 17 nitrogen and oxygen atoms in total. The van der Waals surface area contributed by atoms with Gasteiger partial charge < -0.3 is 31.3 Å². The number of amides is 1. The van der Waals surface area contributed by atoms with Crippen molar-refractivity contribution in [3.05, 3.63) is 158 Å². The summed E-state index contributed by atoms with van der Waals surface area (Å²) in [6.07, 6.45) is 17.2. The Hall–Kier alpha value is -7.44. The van der Waals surface area contributed by atoms with E-state index in [4.69, 9.17) is 5.73 Å². The molecular formula is C59H71N10O7S+. The standard InChI is InChI=1S/C59H70N10O7S/c1-7-8-11-29-67-46-18-10-9-17-44(46)58(3,4)49(67)27-22-38-15-14-16-39(23-28-50-59(5,6)45-32-37(2)19-26-47(45)68(50)30-12-13-31-77(74,75)76)51(38)63-42-33-48(56(72)73)69(36-42)55(71)40-20-24-41(25-21-40)61-34-43-35-62-53-52(64-43)54(70)66-57(60)65-53/h9-10,17-28,32,35,42,48H,7-8,11-16,29-31,33-34,36H2,1-6H3,(H6,60,61,62,65,66,70,71,72,73,74,75,76)/p+1/t42?,48-/m0/s1. The molecule has 7 N–H and O–H groups in total. The summed E-state index contributed by atoms with van der Waals surface area (Å²) in [5.74, 6) is -1.82. The van der Waals surface area contributed by atoms with E-state index in [0.29, 0.717) is 36.3 Å². The largest absolute Gasteiger partial charge is 0.480 e. The Morgan fingerprint density at radius 2 is 1.73 bits per heavy atom. The second kappa shape index (κ2) is 22.3. The van der Waals surface area contributed by atoms with Crippen molar-refractivity contribution in [3.63, 3.8) is 0 Å². The lowest BCUT2D eigenvalue weighted by Crippen LogP contribution is -2.41. The molecule has 9 rings (SSSR count). The summed E-state index contributed by atoms with van der Waals surface area (Å²) in [4.78, 5) is 58.7. The number of aliphatic carboxylic acids is 1. The fourth-order valence-electron chi connectivity index (χ4n) is 11.5.